The third-order valence-corrected chi connectivity index (χ3v) is 6.57. The Balaban J connectivity index is 1.40. The normalized spacial score (nSPS) is 12.6. The fourth-order valence-corrected chi connectivity index (χ4v) is 4.78. The maximum Gasteiger partial charge on any atom is 0.282 e. The number of benzene rings is 3. The van der Waals surface area contributed by atoms with Crippen LogP contribution in [-0.4, -0.2) is 22.7 Å². The number of ether oxygens (including phenoxy) is 3. The second kappa shape index (κ2) is 10.5. The van der Waals surface area contributed by atoms with Gasteiger partial charge in [-0.05, 0) is 60.0 Å². The Hall–Kier alpha value is -3.07. The van der Waals surface area contributed by atoms with Crippen LogP contribution in [0, 0.1) is 0 Å². The molecule has 1 aromatic heterocycles. The van der Waals surface area contributed by atoms with Gasteiger partial charge >= 0.3 is 0 Å². The first-order chi connectivity index (χ1) is 17.4. The van der Waals surface area contributed by atoms with E-state index >= 15 is 0 Å². The highest BCUT2D eigenvalue weighted by molar-refractivity contribution is 9.10. The first-order valence-electron chi connectivity index (χ1n) is 11.2. The molecule has 0 fully saturated rings. The van der Waals surface area contributed by atoms with Crippen LogP contribution in [0.2, 0.25) is 10.0 Å². The van der Waals surface area contributed by atoms with Gasteiger partial charge in [-0.3, -0.25) is 4.79 Å². The third-order valence-electron chi connectivity index (χ3n) is 5.51. The number of aromatic nitrogens is 2. The van der Waals surface area contributed by atoms with Crippen molar-refractivity contribution in [2.24, 2.45) is 5.10 Å². The van der Waals surface area contributed by atoms with Crippen LogP contribution in [0.25, 0.3) is 10.9 Å². The number of aryl methyl sites for hydroxylation is 1. The van der Waals surface area contributed by atoms with Crippen molar-refractivity contribution in [3.63, 3.8) is 0 Å². The first-order valence-corrected chi connectivity index (χ1v) is 12.7. The number of hydrogen-bond acceptors (Lipinski definition) is 6. The van der Waals surface area contributed by atoms with Gasteiger partial charge in [0, 0.05) is 10.9 Å². The zero-order valence-corrected chi connectivity index (χ0v) is 22.2. The Bertz CT molecular complexity index is 1530. The van der Waals surface area contributed by atoms with Crippen molar-refractivity contribution < 1.29 is 14.2 Å². The Morgan fingerprint density at radius 3 is 2.67 bits per heavy atom. The van der Waals surface area contributed by atoms with Gasteiger partial charge in [-0.25, -0.2) is 4.98 Å². The largest absolute Gasteiger partial charge is 0.486 e. The molecule has 7 nitrogen and oxygen atoms in total. The Morgan fingerprint density at radius 2 is 1.89 bits per heavy atom. The van der Waals surface area contributed by atoms with Gasteiger partial charge in [0.1, 0.15) is 12.4 Å². The highest BCUT2D eigenvalue weighted by Gasteiger charge is 2.15. The minimum atomic E-state index is -0.248. The van der Waals surface area contributed by atoms with Gasteiger partial charge in [-0.1, -0.05) is 52.1 Å². The number of halogens is 3. The fourth-order valence-electron chi connectivity index (χ4n) is 3.80. The lowest BCUT2D eigenvalue weighted by Gasteiger charge is -2.12. The zero-order valence-electron chi connectivity index (χ0n) is 19.1. The lowest BCUT2D eigenvalue weighted by Crippen LogP contribution is -2.22. The zero-order chi connectivity index (χ0) is 25.2. The Kier molecular flexibility index (Phi) is 7.18. The van der Waals surface area contributed by atoms with Gasteiger partial charge in [-0.15, -0.1) is 0 Å². The third kappa shape index (κ3) is 5.07. The van der Waals surface area contributed by atoms with Crippen LogP contribution in [0.1, 0.15) is 30.3 Å². The van der Waals surface area contributed by atoms with Crippen LogP contribution in [0.3, 0.4) is 0 Å². The second-order valence-electron chi connectivity index (χ2n) is 8.09. The molecule has 0 amide bonds. The number of nitrogens with zero attached hydrogens (tertiary/aromatic N) is 3. The van der Waals surface area contributed by atoms with E-state index in [2.05, 4.69) is 26.0 Å². The van der Waals surface area contributed by atoms with Crippen molar-refractivity contribution in [2.75, 3.05) is 6.79 Å². The molecule has 0 saturated heterocycles. The van der Waals surface area contributed by atoms with Gasteiger partial charge in [0.15, 0.2) is 17.2 Å². The topological polar surface area (TPSA) is 74.9 Å². The van der Waals surface area contributed by atoms with Crippen LogP contribution in [0.15, 0.2) is 62.9 Å². The highest BCUT2D eigenvalue weighted by atomic mass is 79.9. The predicted molar refractivity (Wildman–Crippen MR) is 144 cm³/mol. The Morgan fingerprint density at radius 1 is 1.11 bits per heavy atom. The Labute approximate surface area is 225 Å². The van der Waals surface area contributed by atoms with Crippen molar-refractivity contribution in [2.45, 2.75) is 26.4 Å². The average molecular weight is 589 g/mol. The lowest BCUT2D eigenvalue weighted by molar-refractivity contribution is 0.174. The molecule has 36 heavy (non-hydrogen) atoms. The van der Waals surface area contributed by atoms with Gasteiger partial charge in [-0.2, -0.15) is 9.78 Å². The van der Waals surface area contributed by atoms with E-state index in [1.54, 1.807) is 18.2 Å². The molecule has 4 aromatic rings. The summed E-state index contributed by atoms with van der Waals surface area (Å²) in [5.74, 6) is 2.31. The number of rotatable bonds is 7. The van der Waals surface area contributed by atoms with Crippen molar-refractivity contribution >= 4 is 56.2 Å². The molecular weight excluding hydrogens is 569 g/mol. The van der Waals surface area contributed by atoms with Crippen LogP contribution >= 0.6 is 39.1 Å². The average Bonchev–Trinajstić information content (AvgIpc) is 3.32. The fraction of sp³-hybridized carbons (Fsp3) is 0.192. The highest BCUT2D eigenvalue weighted by Crippen LogP contribution is 2.36. The molecule has 0 N–H and O–H groups in total. The first kappa shape index (κ1) is 24.6. The van der Waals surface area contributed by atoms with Gasteiger partial charge < -0.3 is 14.2 Å². The summed E-state index contributed by atoms with van der Waals surface area (Å²) in [7, 11) is 0. The van der Waals surface area contributed by atoms with E-state index in [1.807, 2.05) is 37.3 Å². The van der Waals surface area contributed by atoms with Gasteiger partial charge in [0.2, 0.25) is 6.79 Å². The van der Waals surface area contributed by atoms with Crippen LogP contribution in [-0.2, 0) is 13.0 Å². The summed E-state index contributed by atoms with van der Waals surface area (Å²) >= 11 is 16.4. The van der Waals surface area contributed by atoms with E-state index in [0.29, 0.717) is 56.0 Å². The molecule has 3 aromatic carbocycles. The molecule has 0 saturated carbocycles. The summed E-state index contributed by atoms with van der Waals surface area (Å²) in [4.78, 5) is 17.8. The van der Waals surface area contributed by atoms with Gasteiger partial charge in [0.25, 0.3) is 5.56 Å². The van der Waals surface area contributed by atoms with Crippen molar-refractivity contribution in [3.8, 4) is 17.2 Å². The summed E-state index contributed by atoms with van der Waals surface area (Å²) in [5, 5.41) is 5.56. The standard InChI is InChI=1S/C26H20BrCl2N3O4/c1-2-3-24-31-21-6-5-17(27)11-18(21)26(33)32(24)30-12-16-8-19(28)25(20(29)9-16)34-13-15-4-7-22-23(10-15)36-14-35-22/h4-12H,2-3,13-14H2,1H3. The maximum atomic E-state index is 13.2. The summed E-state index contributed by atoms with van der Waals surface area (Å²) in [6, 6.07) is 14.4. The molecule has 184 valence electrons. The number of hydrogen-bond donors (Lipinski definition) is 0. The number of fused-ring (bicyclic) bond motifs is 2. The SMILES string of the molecule is CCCc1nc2ccc(Br)cc2c(=O)n1N=Cc1cc(Cl)c(OCc2ccc3c(c2)OCO3)c(Cl)c1. The van der Waals surface area contributed by atoms with Crippen LogP contribution in [0.4, 0.5) is 0 Å². The lowest BCUT2D eigenvalue weighted by atomic mass is 10.2. The van der Waals surface area contributed by atoms with Gasteiger partial charge in [0.05, 0.1) is 27.2 Å². The van der Waals surface area contributed by atoms with E-state index in [1.165, 1.54) is 10.9 Å². The quantitative estimate of drug-likeness (QED) is 0.227. The minimum Gasteiger partial charge on any atom is -0.486 e. The molecule has 0 bridgehead atoms. The molecule has 2 heterocycles. The molecule has 10 heteroatoms. The molecule has 0 radical (unpaired) electrons. The van der Waals surface area contributed by atoms with Crippen molar-refractivity contribution in [1.82, 2.24) is 9.66 Å². The van der Waals surface area contributed by atoms with Crippen LogP contribution < -0.4 is 19.8 Å². The van der Waals surface area contributed by atoms with E-state index in [4.69, 9.17) is 37.4 Å². The molecule has 1 aliphatic rings. The summed E-state index contributed by atoms with van der Waals surface area (Å²) in [6.45, 7) is 2.48. The van der Waals surface area contributed by atoms with Crippen molar-refractivity contribution in [1.29, 1.82) is 0 Å². The van der Waals surface area contributed by atoms with E-state index < -0.39 is 0 Å². The molecule has 0 atom stereocenters. The smallest absolute Gasteiger partial charge is 0.282 e. The van der Waals surface area contributed by atoms with E-state index in [9.17, 15) is 4.79 Å². The maximum absolute atomic E-state index is 13.2. The molecule has 1 aliphatic heterocycles. The van der Waals surface area contributed by atoms with Crippen molar-refractivity contribution in [3.05, 3.63) is 90.4 Å². The second-order valence-corrected chi connectivity index (χ2v) is 9.82. The molecule has 0 spiro atoms. The monoisotopic (exact) mass is 587 g/mol. The molecular formula is C26H20BrCl2N3O4. The summed E-state index contributed by atoms with van der Waals surface area (Å²) in [5.41, 5.74) is 1.88. The predicted octanol–water partition coefficient (Wildman–Crippen LogP) is 6.61. The molecule has 0 aliphatic carbocycles. The van der Waals surface area contributed by atoms with E-state index in [0.717, 1.165) is 16.5 Å². The molecule has 5 rings (SSSR count). The summed E-state index contributed by atoms with van der Waals surface area (Å²) in [6.07, 6.45) is 2.95. The molecule has 0 unspecified atom stereocenters. The van der Waals surface area contributed by atoms with Crippen LogP contribution in [0.5, 0.6) is 17.2 Å². The van der Waals surface area contributed by atoms with E-state index in [-0.39, 0.29) is 19.0 Å². The minimum absolute atomic E-state index is 0.208. The summed E-state index contributed by atoms with van der Waals surface area (Å²) < 4.78 is 18.7.